The van der Waals surface area contributed by atoms with Crippen LogP contribution in [0.15, 0.2) is 107 Å². The third-order valence-corrected chi connectivity index (χ3v) is 17.8. The van der Waals surface area contributed by atoms with Gasteiger partial charge in [-0.2, -0.15) is 9.97 Å². The Labute approximate surface area is 512 Å². The molecule has 23 heteroatoms. The van der Waals surface area contributed by atoms with Crippen molar-refractivity contribution in [2.24, 2.45) is 28.4 Å². The number of Topliss-reactive ketones (excluding diaryl/α,β-unsaturated/α-hetero) is 1. The molecule has 4 aliphatic rings. The minimum atomic E-state index is -4.21. The minimum absolute atomic E-state index is 0. The van der Waals surface area contributed by atoms with Crippen molar-refractivity contribution in [3.8, 4) is 34.3 Å². The number of ketones is 1. The number of anilines is 2. The number of nitrogens with zero attached hydrogens (tertiary/aromatic N) is 4. The number of carboxylic acid groups (broad SMARTS) is 2. The van der Waals surface area contributed by atoms with Gasteiger partial charge in [-0.1, -0.05) is 76.2 Å². The van der Waals surface area contributed by atoms with Crippen LogP contribution in [0.25, 0.3) is 22.5 Å². The number of carbonyl (C=O) groups is 3. The molecule has 19 nitrogen and oxygen atoms in total. The van der Waals surface area contributed by atoms with E-state index in [1.807, 2.05) is 64.1 Å². The Morgan fingerprint density at radius 2 is 1.02 bits per heavy atom. The molecule has 0 saturated heterocycles. The molecular formula is C62H78Cl2N8O11S2. The third kappa shape index (κ3) is 18.1. The molecule has 6 aromatic rings. The molecule has 2 spiro atoms. The zero-order chi connectivity index (χ0) is 60.9. The molecule has 0 aliphatic heterocycles. The third-order valence-electron chi connectivity index (χ3n) is 15.2. The van der Waals surface area contributed by atoms with Crippen molar-refractivity contribution < 1.29 is 52.3 Å². The van der Waals surface area contributed by atoms with Crippen molar-refractivity contribution in [3.05, 3.63) is 130 Å². The molecule has 4 fully saturated rings. The number of ether oxygens (including phenoxy) is 2. The van der Waals surface area contributed by atoms with Gasteiger partial charge in [-0.15, -0.1) is 24.8 Å². The molecule has 85 heavy (non-hydrogen) atoms. The van der Waals surface area contributed by atoms with E-state index in [4.69, 9.17) is 16.6 Å². The minimum Gasteiger partial charge on any atom is -0.478 e. The summed E-state index contributed by atoms with van der Waals surface area (Å²) in [5.74, 6) is -1.22. The van der Waals surface area contributed by atoms with Gasteiger partial charge in [0.2, 0.25) is 23.7 Å². The van der Waals surface area contributed by atoms with Crippen LogP contribution in [-0.2, 0) is 24.8 Å². The number of benzene rings is 4. The summed E-state index contributed by atoms with van der Waals surface area (Å²) in [6.07, 6.45) is 10.2. The van der Waals surface area contributed by atoms with Gasteiger partial charge in [-0.3, -0.25) is 4.79 Å². The number of carbonyl (C=O) groups excluding carboxylic acids is 1. The van der Waals surface area contributed by atoms with Crippen LogP contribution in [0.3, 0.4) is 0 Å². The summed E-state index contributed by atoms with van der Waals surface area (Å²) < 4.78 is 78.2. The Hall–Kier alpha value is -6.75. The second-order valence-corrected chi connectivity index (χ2v) is 26.9. The molecule has 0 unspecified atom stereocenters. The molecule has 458 valence electrons. The van der Waals surface area contributed by atoms with Crippen LogP contribution >= 0.6 is 24.8 Å². The molecule has 2 aromatic heterocycles. The number of aryl methyl sites for hydroxylation is 4. The number of hydrogen-bond acceptors (Lipinski definition) is 15. The predicted molar refractivity (Wildman–Crippen MR) is 332 cm³/mol. The standard InChI is InChI=1S/C31H38N4O5S.C25H30N4O5S.C6H8O.2ClH/c1-19(2)13-23(32-24-16-31(17-24)11-12-31)18-40-27-15-26(28-20(3)7-5-8-21(28)4)33-30(34-27)35-41(38,39)25-10-6-9-22(14-25)29(36)37;1-15(2)11-19(26)14-34-22-13-21(23-16(3)7-5-8-17(23)4)27-25(28-22)29-35(32,33)20-10-6-9-18(12-20)24(30)31;7-5-3-6(4-5)1-2-6;;/h5-10,14-15,19,23-24,32H,11-13,16-18H2,1-4H3,(H,36,37)(H,33,34,35);5-10,12-13,15,19H,11,14,26H2,1-4H3,(H,30,31)(H,27,28,29);1-4H2;2*1H/t23-;19-;;;/m11.../s1/i24D;;;;. The largest absolute Gasteiger partial charge is 0.478 e. The first-order valence-corrected chi connectivity index (χ1v) is 30.9. The molecule has 0 radical (unpaired) electrons. The second-order valence-electron chi connectivity index (χ2n) is 23.6. The number of halogens is 2. The van der Waals surface area contributed by atoms with E-state index in [1.54, 1.807) is 12.1 Å². The number of carboxylic acids is 2. The number of sulfonamides is 2. The Bertz CT molecular complexity index is 3620. The first-order chi connectivity index (χ1) is 39.5. The van der Waals surface area contributed by atoms with Crippen molar-refractivity contribution in [1.82, 2.24) is 25.3 Å². The van der Waals surface area contributed by atoms with Crippen LogP contribution in [0, 0.1) is 50.4 Å². The van der Waals surface area contributed by atoms with E-state index in [-0.39, 0.29) is 94.7 Å². The summed E-state index contributed by atoms with van der Waals surface area (Å²) in [5, 5.41) is 22.0. The molecule has 4 saturated carbocycles. The first-order valence-electron chi connectivity index (χ1n) is 28.5. The molecule has 2 heterocycles. The topological polar surface area (TPSA) is 292 Å². The molecule has 7 N–H and O–H groups in total. The maximum absolute atomic E-state index is 13.3. The number of hydrogen-bond donors (Lipinski definition) is 6. The van der Waals surface area contributed by atoms with Gasteiger partial charge in [0.25, 0.3) is 20.0 Å². The van der Waals surface area contributed by atoms with E-state index in [0.29, 0.717) is 39.8 Å². The summed E-state index contributed by atoms with van der Waals surface area (Å²) in [7, 11) is -8.38. The van der Waals surface area contributed by atoms with Gasteiger partial charge < -0.3 is 30.7 Å². The average molecular weight is 1250 g/mol. The van der Waals surface area contributed by atoms with Gasteiger partial charge in [-0.25, -0.2) is 45.8 Å². The molecule has 4 aromatic carbocycles. The Morgan fingerprint density at radius 3 is 1.39 bits per heavy atom. The van der Waals surface area contributed by atoms with E-state index in [1.165, 1.54) is 62.1 Å². The van der Waals surface area contributed by atoms with Crippen LogP contribution in [0.1, 0.15) is 136 Å². The molecule has 4 aliphatic carbocycles. The van der Waals surface area contributed by atoms with Crippen molar-refractivity contribution in [3.63, 3.8) is 0 Å². The van der Waals surface area contributed by atoms with Crippen LogP contribution in [0.2, 0.25) is 0 Å². The predicted octanol–water partition coefficient (Wildman–Crippen LogP) is 11.6. The number of rotatable bonds is 22. The van der Waals surface area contributed by atoms with Gasteiger partial charge in [-0.05, 0) is 160 Å². The summed E-state index contributed by atoms with van der Waals surface area (Å²) in [6, 6.07) is 24.2. The van der Waals surface area contributed by atoms with Gasteiger partial charge in [0.15, 0.2) is 0 Å². The number of nitrogens with one attached hydrogen (secondary N) is 3. The normalized spacial score (nSPS) is 16.5. The van der Waals surface area contributed by atoms with Gasteiger partial charge in [0, 0.05) is 55.6 Å². The fourth-order valence-corrected chi connectivity index (χ4v) is 12.6. The zero-order valence-electron chi connectivity index (χ0n) is 50.1. The van der Waals surface area contributed by atoms with Gasteiger partial charge in [0.1, 0.15) is 19.0 Å². The van der Waals surface area contributed by atoms with Crippen molar-refractivity contribution in [2.75, 3.05) is 22.7 Å². The van der Waals surface area contributed by atoms with Crippen LogP contribution < -0.4 is 30.0 Å². The van der Waals surface area contributed by atoms with Crippen molar-refractivity contribution >= 4 is 74.5 Å². The highest BCUT2D eigenvalue weighted by molar-refractivity contribution is 7.93. The molecule has 2 atom stereocenters. The maximum Gasteiger partial charge on any atom is 0.335 e. The van der Waals surface area contributed by atoms with Gasteiger partial charge >= 0.3 is 11.9 Å². The Balaban J connectivity index is 0.000000243. The summed E-state index contributed by atoms with van der Waals surface area (Å²) in [6.45, 7) is 16.6. The van der Waals surface area contributed by atoms with Crippen LogP contribution in [0.4, 0.5) is 11.9 Å². The quantitative estimate of drug-likeness (QED) is 0.0368. The zero-order valence-corrected chi connectivity index (χ0v) is 52.4. The summed E-state index contributed by atoms with van der Waals surface area (Å²) in [5.41, 5.74) is 13.3. The highest BCUT2D eigenvalue weighted by Crippen LogP contribution is 2.61. The monoisotopic (exact) mass is 1250 g/mol. The van der Waals surface area contributed by atoms with E-state index < -0.39 is 38.0 Å². The lowest BCUT2D eigenvalue weighted by molar-refractivity contribution is -0.127. The molecule has 0 bridgehead atoms. The van der Waals surface area contributed by atoms with Crippen molar-refractivity contribution in [2.45, 2.75) is 147 Å². The molecular weight excluding hydrogens is 1170 g/mol. The Kier molecular flexibility index (Phi) is 21.8. The highest BCUT2D eigenvalue weighted by atomic mass is 35.5. The fourth-order valence-electron chi connectivity index (χ4n) is 10.6. The van der Waals surface area contributed by atoms with E-state index >= 15 is 0 Å². The van der Waals surface area contributed by atoms with E-state index in [0.717, 1.165) is 84.0 Å². The number of nitrogens with two attached hydrogens (primary N) is 1. The van der Waals surface area contributed by atoms with Gasteiger partial charge in [0.05, 0.1) is 32.3 Å². The number of aromatic carboxylic acids is 2. The molecule has 0 amide bonds. The van der Waals surface area contributed by atoms with Crippen molar-refractivity contribution in [1.29, 1.82) is 0 Å². The Morgan fingerprint density at radius 1 is 0.624 bits per heavy atom. The van der Waals surface area contributed by atoms with E-state index in [2.05, 4.69) is 62.4 Å². The number of aromatic nitrogens is 4. The van der Waals surface area contributed by atoms with Crippen LogP contribution in [-0.4, -0.2) is 96.0 Å². The lowest BCUT2D eigenvalue weighted by Crippen LogP contribution is -2.49. The summed E-state index contributed by atoms with van der Waals surface area (Å²) in [4.78, 5) is 50.2. The fraction of sp³-hybridized carbons (Fsp3) is 0.435. The average Bonchev–Trinajstić information content (AvgIpc) is 1.65. The van der Waals surface area contributed by atoms with E-state index in [9.17, 15) is 41.4 Å². The van der Waals surface area contributed by atoms with Crippen LogP contribution in [0.5, 0.6) is 11.8 Å². The first kappa shape index (κ1) is 65.8. The summed E-state index contributed by atoms with van der Waals surface area (Å²) >= 11 is 0. The lowest BCUT2D eigenvalue weighted by Gasteiger charge is -2.39. The molecule has 10 rings (SSSR count). The highest BCUT2D eigenvalue weighted by Gasteiger charge is 2.53. The second kappa shape index (κ2) is 28.2. The smallest absolute Gasteiger partial charge is 0.335 e. The maximum atomic E-state index is 13.3. The SMILES string of the molecule is Cc1cccc(C)c1-c1cc(OC[C@H](N)CC(C)C)nc(NS(=O)(=O)c2cccc(C(=O)O)c2)n1.Cl.Cl.O=C1CC2(CC2)C1.[2H]C1(N[C@@H](COc2cc(-c3c(C)cccc3C)nc(NS(=O)(=O)c3cccc(C(=O)O)c3)n2)CC(C)C)CC2(CC2)C1. The lowest BCUT2D eigenvalue weighted by atomic mass is 9.76.